The lowest BCUT2D eigenvalue weighted by Gasteiger charge is -2.18. The van der Waals surface area contributed by atoms with E-state index >= 15 is 0 Å². The molecule has 2 rings (SSSR count). The standard InChI is InChI=1S/C16H16Cl2N2O4S/c1-20(9-10-24-13-7-8-14(17)15(18)11-13)25(22,23)19-16(21)12-5-3-2-4-6-12/h2-8,11H,9-10H2,1H3,(H,19,21). The highest BCUT2D eigenvalue weighted by Crippen LogP contribution is 2.26. The Hall–Kier alpha value is -1.80. The molecule has 2 aromatic carbocycles. The molecule has 0 aliphatic carbocycles. The first kappa shape index (κ1) is 19.5. The van der Waals surface area contributed by atoms with Crippen molar-refractivity contribution in [3.05, 3.63) is 64.1 Å². The monoisotopic (exact) mass is 402 g/mol. The molecule has 134 valence electrons. The molecule has 0 unspecified atom stereocenters. The molecule has 0 radical (unpaired) electrons. The number of halogens is 2. The second kappa shape index (κ2) is 8.53. The van der Waals surface area contributed by atoms with Gasteiger partial charge in [-0.25, -0.2) is 4.72 Å². The van der Waals surface area contributed by atoms with Crippen molar-refractivity contribution in [1.82, 2.24) is 9.03 Å². The van der Waals surface area contributed by atoms with Crippen molar-refractivity contribution >= 4 is 39.3 Å². The first-order chi connectivity index (χ1) is 11.8. The van der Waals surface area contributed by atoms with E-state index in [1.807, 2.05) is 4.72 Å². The van der Waals surface area contributed by atoms with E-state index in [9.17, 15) is 13.2 Å². The van der Waals surface area contributed by atoms with E-state index in [1.54, 1.807) is 30.3 Å². The number of nitrogens with zero attached hydrogens (tertiary/aromatic N) is 1. The summed E-state index contributed by atoms with van der Waals surface area (Å²) in [5, 5.41) is 0.743. The summed E-state index contributed by atoms with van der Waals surface area (Å²) in [6.07, 6.45) is 0. The van der Waals surface area contributed by atoms with Crippen LogP contribution in [0.2, 0.25) is 10.0 Å². The van der Waals surface area contributed by atoms with E-state index in [0.29, 0.717) is 15.8 Å². The maximum Gasteiger partial charge on any atom is 0.303 e. The summed E-state index contributed by atoms with van der Waals surface area (Å²) in [5.41, 5.74) is 0.256. The average molecular weight is 403 g/mol. The Morgan fingerprint density at radius 1 is 1.12 bits per heavy atom. The molecular formula is C16H16Cl2N2O4S. The van der Waals surface area contributed by atoms with Crippen LogP contribution in [0.4, 0.5) is 0 Å². The average Bonchev–Trinajstić information content (AvgIpc) is 2.58. The number of nitrogens with one attached hydrogen (secondary N) is 1. The first-order valence-corrected chi connectivity index (χ1v) is 9.40. The van der Waals surface area contributed by atoms with Crippen molar-refractivity contribution in [2.24, 2.45) is 0 Å². The second-order valence-corrected chi connectivity index (χ2v) is 7.64. The number of amides is 1. The lowest BCUT2D eigenvalue weighted by molar-refractivity contribution is 0.0979. The van der Waals surface area contributed by atoms with E-state index in [1.165, 1.54) is 25.2 Å². The van der Waals surface area contributed by atoms with Gasteiger partial charge in [-0.1, -0.05) is 41.4 Å². The zero-order valence-electron chi connectivity index (χ0n) is 13.3. The van der Waals surface area contributed by atoms with Crippen molar-refractivity contribution in [1.29, 1.82) is 0 Å². The van der Waals surface area contributed by atoms with E-state index in [4.69, 9.17) is 27.9 Å². The fourth-order valence-electron chi connectivity index (χ4n) is 1.82. The topological polar surface area (TPSA) is 75.7 Å². The normalized spacial score (nSPS) is 11.4. The van der Waals surface area contributed by atoms with Crippen LogP contribution in [-0.2, 0) is 10.2 Å². The predicted octanol–water partition coefficient (Wildman–Crippen LogP) is 2.98. The summed E-state index contributed by atoms with van der Waals surface area (Å²) in [5.74, 6) is -0.230. The molecule has 9 heteroatoms. The smallest absolute Gasteiger partial charge is 0.303 e. The number of ether oxygens (including phenoxy) is 1. The molecular weight excluding hydrogens is 387 g/mol. The van der Waals surface area contributed by atoms with Crippen LogP contribution >= 0.6 is 23.2 Å². The second-order valence-electron chi connectivity index (χ2n) is 5.05. The van der Waals surface area contributed by atoms with Gasteiger partial charge in [0.05, 0.1) is 10.0 Å². The van der Waals surface area contributed by atoms with Crippen LogP contribution in [0.15, 0.2) is 48.5 Å². The van der Waals surface area contributed by atoms with Crippen LogP contribution in [0.25, 0.3) is 0 Å². The van der Waals surface area contributed by atoms with Gasteiger partial charge >= 0.3 is 10.2 Å². The summed E-state index contributed by atoms with van der Waals surface area (Å²) in [6, 6.07) is 12.8. The minimum absolute atomic E-state index is 0.0393. The number of carbonyl (C=O) groups excluding carboxylic acids is 1. The summed E-state index contributed by atoms with van der Waals surface area (Å²) in [6.45, 7) is 0.118. The van der Waals surface area contributed by atoms with E-state index in [2.05, 4.69) is 0 Å². The van der Waals surface area contributed by atoms with Crippen LogP contribution in [0.3, 0.4) is 0 Å². The maximum absolute atomic E-state index is 12.2. The zero-order valence-corrected chi connectivity index (χ0v) is 15.6. The highest BCUT2D eigenvalue weighted by molar-refractivity contribution is 7.87. The van der Waals surface area contributed by atoms with Gasteiger partial charge in [-0.15, -0.1) is 0 Å². The Morgan fingerprint density at radius 3 is 2.44 bits per heavy atom. The number of hydrogen-bond acceptors (Lipinski definition) is 4. The molecule has 0 saturated carbocycles. The van der Waals surface area contributed by atoms with Crippen LogP contribution in [0.1, 0.15) is 10.4 Å². The van der Waals surface area contributed by atoms with E-state index in [0.717, 1.165) is 4.31 Å². The van der Waals surface area contributed by atoms with Gasteiger partial charge in [0.1, 0.15) is 12.4 Å². The largest absolute Gasteiger partial charge is 0.492 e. The molecule has 0 spiro atoms. The van der Waals surface area contributed by atoms with Crippen LogP contribution in [0.5, 0.6) is 5.75 Å². The van der Waals surface area contributed by atoms with Gasteiger partial charge in [0.15, 0.2) is 0 Å². The Labute approximate surface area is 156 Å². The fraction of sp³-hybridized carbons (Fsp3) is 0.188. The number of carbonyl (C=O) groups is 1. The molecule has 1 N–H and O–H groups in total. The zero-order chi connectivity index (χ0) is 18.4. The molecule has 25 heavy (non-hydrogen) atoms. The van der Waals surface area contributed by atoms with Crippen LogP contribution < -0.4 is 9.46 Å². The van der Waals surface area contributed by atoms with Gasteiger partial charge in [-0.2, -0.15) is 12.7 Å². The molecule has 0 aliphatic rings. The molecule has 1 amide bonds. The molecule has 0 heterocycles. The third-order valence-corrected chi connectivity index (χ3v) is 5.42. The Balaban J connectivity index is 1.89. The lowest BCUT2D eigenvalue weighted by atomic mass is 10.2. The molecule has 0 fully saturated rings. The summed E-state index contributed by atoms with van der Waals surface area (Å²) in [7, 11) is -2.62. The molecule has 0 aliphatic heterocycles. The highest BCUT2D eigenvalue weighted by atomic mass is 35.5. The van der Waals surface area contributed by atoms with Crippen molar-refractivity contribution in [2.45, 2.75) is 0 Å². The first-order valence-electron chi connectivity index (χ1n) is 7.21. The van der Waals surface area contributed by atoms with Gasteiger partial charge in [-0.3, -0.25) is 4.79 Å². The number of rotatable bonds is 7. The fourth-order valence-corrected chi connectivity index (χ4v) is 2.93. The van der Waals surface area contributed by atoms with E-state index in [-0.39, 0.29) is 18.7 Å². The third-order valence-electron chi connectivity index (χ3n) is 3.23. The van der Waals surface area contributed by atoms with Gasteiger partial charge in [-0.05, 0) is 24.3 Å². The van der Waals surface area contributed by atoms with Crippen molar-refractivity contribution < 1.29 is 17.9 Å². The van der Waals surface area contributed by atoms with Crippen LogP contribution in [0, 0.1) is 0 Å². The van der Waals surface area contributed by atoms with Gasteiger partial charge in [0.2, 0.25) is 0 Å². The van der Waals surface area contributed by atoms with E-state index < -0.39 is 16.1 Å². The molecule has 6 nitrogen and oxygen atoms in total. The predicted molar refractivity (Wildman–Crippen MR) is 97.4 cm³/mol. The Kier molecular flexibility index (Phi) is 6.66. The summed E-state index contributed by atoms with van der Waals surface area (Å²) >= 11 is 11.7. The third kappa shape index (κ3) is 5.61. The Bertz CT molecular complexity index is 844. The lowest BCUT2D eigenvalue weighted by Crippen LogP contribution is -2.43. The number of hydrogen-bond donors (Lipinski definition) is 1. The summed E-state index contributed by atoms with van der Waals surface area (Å²) < 4.78 is 32.7. The molecule has 0 aromatic heterocycles. The minimum atomic E-state index is -3.97. The van der Waals surface area contributed by atoms with Crippen molar-refractivity contribution in [3.8, 4) is 5.75 Å². The molecule has 0 saturated heterocycles. The molecule has 2 aromatic rings. The highest BCUT2D eigenvalue weighted by Gasteiger charge is 2.21. The quantitative estimate of drug-likeness (QED) is 0.771. The number of likely N-dealkylation sites (N-methyl/N-ethyl adjacent to an activating group) is 1. The van der Waals surface area contributed by atoms with Crippen molar-refractivity contribution in [3.63, 3.8) is 0 Å². The van der Waals surface area contributed by atoms with Gasteiger partial charge in [0, 0.05) is 25.2 Å². The summed E-state index contributed by atoms with van der Waals surface area (Å²) in [4.78, 5) is 12.0. The van der Waals surface area contributed by atoms with Gasteiger partial charge < -0.3 is 4.74 Å². The Morgan fingerprint density at radius 2 is 1.80 bits per heavy atom. The minimum Gasteiger partial charge on any atom is -0.492 e. The maximum atomic E-state index is 12.2. The molecule has 0 atom stereocenters. The van der Waals surface area contributed by atoms with Crippen LogP contribution in [-0.4, -0.2) is 38.8 Å². The SMILES string of the molecule is CN(CCOc1ccc(Cl)c(Cl)c1)S(=O)(=O)NC(=O)c1ccccc1. The van der Waals surface area contributed by atoms with Crippen molar-refractivity contribution in [2.75, 3.05) is 20.2 Å². The van der Waals surface area contributed by atoms with Gasteiger partial charge in [0.25, 0.3) is 5.91 Å². The molecule has 0 bridgehead atoms. The number of benzene rings is 2.